The monoisotopic (exact) mass is 373 g/mol. The second-order valence-electron chi connectivity index (χ2n) is 3.87. The third-order valence-electron chi connectivity index (χ3n) is 2.48. The first-order chi connectivity index (χ1) is 9.42. The van der Waals surface area contributed by atoms with E-state index >= 15 is 0 Å². The number of rotatable bonds is 4. The molecule has 2 rings (SSSR count). The molecular formula is C12H12BrN3O2S2. The van der Waals surface area contributed by atoms with E-state index in [0.29, 0.717) is 10.2 Å². The summed E-state index contributed by atoms with van der Waals surface area (Å²) in [6.45, 7) is 0. The molecule has 1 aromatic heterocycles. The predicted octanol–water partition coefficient (Wildman–Crippen LogP) is 2.95. The summed E-state index contributed by atoms with van der Waals surface area (Å²) >= 11 is 4.76. The van der Waals surface area contributed by atoms with Crippen LogP contribution in [0.1, 0.15) is 0 Å². The van der Waals surface area contributed by atoms with Crippen molar-refractivity contribution in [3.63, 3.8) is 0 Å². The number of nitrogens with one attached hydrogen (secondary N) is 1. The van der Waals surface area contributed by atoms with Gasteiger partial charge < -0.3 is 5.73 Å². The van der Waals surface area contributed by atoms with E-state index in [-0.39, 0.29) is 10.7 Å². The van der Waals surface area contributed by atoms with Crippen LogP contribution in [0.3, 0.4) is 0 Å². The molecule has 1 aromatic carbocycles. The van der Waals surface area contributed by atoms with E-state index in [9.17, 15) is 8.42 Å². The SMILES string of the molecule is CSc1ccc(NS(=O)(=O)c2cc(Br)cnc2N)cc1. The smallest absolute Gasteiger partial charge is 0.265 e. The van der Waals surface area contributed by atoms with E-state index < -0.39 is 10.0 Å². The summed E-state index contributed by atoms with van der Waals surface area (Å²) in [5, 5.41) is 0. The highest BCUT2D eigenvalue weighted by Gasteiger charge is 2.19. The zero-order valence-electron chi connectivity index (χ0n) is 10.5. The summed E-state index contributed by atoms with van der Waals surface area (Å²) in [6, 6.07) is 8.49. The fourth-order valence-corrected chi connectivity index (χ4v) is 3.57. The number of pyridine rings is 1. The fraction of sp³-hybridized carbons (Fsp3) is 0.0833. The number of sulfonamides is 1. The number of anilines is 2. The zero-order valence-corrected chi connectivity index (χ0v) is 13.7. The predicted molar refractivity (Wildman–Crippen MR) is 85.4 cm³/mol. The Morgan fingerprint density at radius 3 is 2.55 bits per heavy atom. The van der Waals surface area contributed by atoms with Crippen molar-refractivity contribution in [3.05, 3.63) is 41.0 Å². The minimum Gasteiger partial charge on any atom is -0.383 e. The molecule has 0 aliphatic rings. The van der Waals surface area contributed by atoms with Crippen molar-refractivity contribution in [2.45, 2.75) is 9.79 Å². The van der Waals surface area contributed by atoms with Crippen LogP contribution >= 0.6 is 27.7 Å². The molecule has 1 heterocycles. The number of nitrogens with two attached hydrogens (primary N) is 1. The van der Waals surface area contributed by atoms with Gasteiger partial charge in [0, 0.05) is 21.3 Å². The molecule has 5 nitrogen and oxygen atoms in total. The molecule has 8 heteroatoms. The largest absolute Gasteiger partial charge is 0.383 e. The van der Waals surface area contributed by atoms with Crippen LogP contribution in [0, 0.1) is 0 Å². The highest BCUT2D eigenvalue weighted by molar-refractivity contribution is 9.10. The van der Waals surface area contributed by atoms with Crippen LogP contribution in [0.15, 0.2) is 50.8 Å². The summed E-state index contributed by atoms with van der Waals surface area (Å²) < 4.78 is 27.6. The highest BCUT2D eigenvalue weighted by atomic mass is 79.9. The Hall–Kier alpha value is -1.25. The topological polar surface area (TPSA) is 85.1 Å². The lowest BCUT2D eigenvalue weighted by Crippen LogP contribution is -2.15. The van der Waals surface area contributed by atoms with E-state index in [0.717, 1.165) is 4.90 Å². The Kier molecular flexibility index (Phi) is 4.56. The van der Waals surface area contributed by atoms with Gasteiger partial charge in [0.05, 0.1) is 0 Å². The first-order valence-electron chi connectivity index (χ1n) is 5.50. The van der Waals surface area contributed by atoms with Crippen LogP contribution in [0.5, 0.6) is 0 Å². The molecule has 0 saturated carbocycles. The Labute approximate surface area is 130 Å². The summed E-state index contributed by atoms with van der Waals surface area (Å²) in [4.78, 5) is 4.82. The molecular weight excluding hydrogens is 362 g/mol. The standard InChI is InChI=1S/C12H12BrN3O2S2/c1-19-10-4-2-9(3-5-10)16-20(17,18)11-6-8(13)7-15-12(11)14/h2-7,16H,1H3,(H2,14,15). The van der Waals surface area contributed by atoms with Crippen molar-refractivity contribution in [2.24, 2.45) is 0 Å². The van der Waals surface area contributed by atoms with Crippen molar-refractivity contribution in [1.29, 1.82) is 0 Å². The first kappa shape index (κ1) is 15.1. The third-order valence-corrected chi connectivity index (χ3v) is 5.07. The van der Waals surface area contributed by atoms with Crippen molar-refractivity contribution in [1.82, 2.24) is 4.98 Å². The van der Waals surface area contributed by atoms with Crippen LogP contribution in [0.25, 0.3) is 0 Å². The van der Waals surface area contributed by atoms with E-state index in [2.05, 4.69) is 25.6 Å². The number of halogens is 1. The quantitative estimate of drug-likeness (QED) is 0.804. The lowest BCUT2D eigenvalue weighted by molar-refractivity contribution is 0.601. The molecule has 0 spiro atoms. The Bertz CT molecular complexity index is 718. The molecule has 0 saturated heterocycles. The second kappa shape index (κ2) is 6.02. The molecule has 3 N–H and O–H groups in total. The molecule has 0 unspecified atom stereocenters. The number of aromatic nitrogens is 1. The third kappa shape index (κ3) is 3.44. The number of hydrogen-bond donors (Lipinski definition) is 2. The molecule has 20 heavy (non-hydrogen) atoms. The molecule has 0 fully saturated rings. The molecule has 0 atom stereocenters. The number of thioether (sulfide) groups is 1. The van der Waals surface area contributed by atoms with Crippen LogP contribution < -0.4 is 10.5 Å². The van der Waals surface area contributed by atoms with Crippen LogP contribution in [-0.4, -0.2) is 19.7 Å². The minimum absolute atomic E-state index is 0.0403. The zero-order chi connectivity index (χ0) is 14.8. The Balaban J connectivity index is 2.32. The summed E-state index contributed by atoms with van der Waals surface area (Å²) in [7, 11) is -3.76. The average Bonchev–Trinajstić information content (AvgIpc) is 2.42. The first-order valence-corrected chi connectivity index (χ1v) is 9.00. The average molecular weight is 374 g/mol. The van der Waals surface area contributed by atoms with Gasteiger partial charge in [0.1, 0.15) is 10.7 Å². The molecule has 0 radical (unpaired) electrons. The van der Waals surface area contributed by atoms with Gasteiger partial charge in [-0.3, -0.25) is 4.72 Å². The molecule has 0 aliphatic heterocycles. The Morgan fingerprint density at radius 1 is 1.30 bits per heavy atom. The van der Waals surface area contributed by atoms with Crippen LogP contribution in [0.4, 0.5) is 11.5 Å². The van der Waals surface area contributed by atoms with Gasteiger partial charge in [0.2, 0.25) is 0 Å². The molecule has 2 aromatic rings. The highest BCUT2D eigenvalue weighted by Crippen LogP contribution is 2.24. The van der Waals surface area contributed by atoms with Gasteiger partial charge in [0.15, 0.2) is 0 Å². The van der Waals surface area contributed by atoms with Crippen molar-refractivity contribution in [2.75, 3.05) is 16.7 Å². The van der Waals surface area contributed by atoms with Gasteiger partial charge in [-0.2, -0.15) is 0 Å². The van der Waals surface area contributed by atoms with E-state index in [4.69, 9.17) is 5.73 Å². The summed E-state index contributed by atoms with van der Waals surface area (Å²) in [5.74, 6) is -0.0403. The summed E-state index contributed by atoms with van der Waals surface area (Å²) in [6.07, 6.45) is 3.40. The Morgan fingerprint density at radius 2 is 1.95 bits per heavy atom. The normalized spacial score (nSPS) is 11.3. The number of nitrogen functional groups attached to an aromatic ring is 1. The number of benzene rings is 1. The van der Waals surface area contributed by atoms with Crippen LogP contribution in [-0.2, 0) is 10.0 Å². The van der Waals surface area contributed by atoms with Crippen molar-refractivity contribution < 1.29 is 8.42 Å². The van der Waals surface area contributed by atoms with Gasteiger partial charge >= 0.3 is 0 Å². The molecule has 0 aliphatic carbocycles. The fourth-order valence-electron chi connectivity index (χ4n) is 1.52. The maximum atomic E-state index is 12.3. The minimum atomic E-state index is -3.76. The second-order valence-corrected chi connectivity index (χ2v) is 7.32. The number of hydrogen-bond acceptors (Lipinski definition) is 5. The number of nitrogens with zero attached hydrogens (tertiary/aromatic N) is 1. The van der Waals surface area contributed by atoms with Gasteiger partial charge in [-0.25, -0.2) is 13.4 Å². The summed E-state index contributed by atoms with van der Waals surface area (Å²) in [5.41, 5.74) is 6.09. The molecule has 0 bridgehead atoms. The lowest BCUT2D eigenvalue weighted by atomic mass is 10.3. The van der Waals surface area contributed by atoms with Gasteiger partial charge in [-0.05, 0) is 52.5 Å². The molecule has 0 amide bonds. The maximum Gasteiger partial charge on any atom is 0.265 e. The van der Waals surface area contributed by atoms with Crippen molar-refractivity contribution >= 4 is 49.2 Å². The van der Waals surface area contributed by atoms with Gasteiger partial charge in [0.25, 0.3) is 10.0 Å². The lowest BCUT2D eigenvalue weighted by Gasteiger charge is -2.10. The van der Waals surface area contributed by atoms with E-state index in [1.54, 1.807) is 23.9 Å². The van der Waals surface area contributed by atoms with Crippen LogP contribution in [0.2, 0.25) is 0 Å². The maximum absolute atomic E-state index is 12.3. The van der Waals surface area contributed by atoms with Gasteiger partial charge in [-0.15, -0.1) is 11.8 Å². The van der Waals surface area contributed by atoms with E-state index in [1.165, 1.54) is 12.3 Å². The van der Waals surface area contributed by atoms with Gasteiger partial charge in [-0.1, -0.05) is 0 Å². The van der Waals surface area contributed by atoms with Crippen molar-refractivity contribution in [3.8, 4) is 0 Å². The molecule has 106 valence electrons. The van der Waals surface area contributed by atoms with E-state index in [1.807, 2.05) is 18.4 Å².